The standard InChI is InChI=1S/C18H36O2.C9H10O/c1-2-3-4-5-6-7-8-9-10-11-12-13-14-15-16-17-18(19)20;1-8(7-10)9-5-3-2-4-6-9/h2-17H2,1H3,(H,19,20);2-8H,1H3. The van der Waals surface area contributed by atoms with Gasteiger partial charge in [-0.2, -0.15) is 0 Å². The molecule has 1 atom stereocenters. The van der Waals surface area contributed by atoms with Crippen molar-refractivity contribution in [3.63, 3.8) is 0 Å². The van der Waals surface area contributed by atoms with Crippen LogP contribution in [0.25, 0.3) is 0 Å². The van der Waals surface area contributed by atoms with Crippen LogP contribution >= 0.6 is 0 Å². The molecule has 0 aromatic heterocycles. The second kappa shape index (κ2) is 22.1. The predicted octanol–water partition coefficient (Wildman–Crippen LogP) is 8.32. The smallest absolute Gasteiger partial charge is 0.303 e. The molecule has 172 valence electrons. The second-order valence-electron chi connectivity index (χ2n) is 8.43. The van der Waals surface area contributed by atoms with E-state index in [1.54, 1.807) is 0 Å². The number of carboxylic acid groups (broad SMARTS) is 1. The Bertz CT molecular complexity index is 498. The van der Waals surface area contributed by atoms with Gasteiger partial charge < -0.3 is 9.90 Å². The number of rotatable bonds is 18. The second-order valence-corrected chi connectivity index (χ2v) is 8.43. The fourth-order valence-corrected chi connectivity index (χ4v) is 3.48. The van der Waals surface area contributed by atoms with Gasteiger partial charge in [0.2, 0.25) is 0 Å². The highest BCUT2D eigenvalue weighted by atomic mass is 16.4. The summed E-state index contributed by atoms with van der Waals surface area (Å²) >= 11 is 0. The maximum Gasteiger partial charge on any atom is 0.303 e. The molecule has 0 fully saturated rings. The summed E-state index contributed by atoms with van der Waals surface area (Å²) in [6.45, 7) is 4.16. The molecule has 1 unspecified atom stereocenters. The average Bonchev–Trinajstić information content (AvgIpc) is 2.76. The van der Waals surface area contributed by atoms with Crippen LogP contribution in [0, 0.1) is 0 Å². The van der Waals surface area contributed by atoms with E-state index in [4.69, 9.17) is 5.11 Å². The minimum absolute atomic E-state index is 0.0289. The minimum Gasteiger partial charge on any atom is -0.481 e. The van der Waals surface area contributed by atoms with Crippen LogP contribution in [-0.4, -0.2) is 17.4 Å². The number of unbranched alkanes of at least 4 members (excludes halogenated alkanes) is 14. The Morgan fingerprint density at radius 2 is 1.17 bits per heavy atom. The summed E-state index contributed by atoms with van der Waals surface area (Å²) in [5.74, 6) is -0.624. The molecular weight excluding hydrogens is 372 g/mol. The van der Waals surface area contributed by atoms with Gasteiger partial charge in [0.05, 0.1) is 0 Å². The number of aliphatic carboxylic acids is 1. The van der Waals surface area contributed by atoms with Crippen molar-refractivity contribution >= 4 is 12.3 Å². The lowest BCUT2D eigenvalue weighted by molar-refractivity contribution is -0.137. The van der Waals surface area contributed by atoms with Gasteiger partial charge in [0.1, 0.15) is 6.29 Å². The highest BCUT2D eigenvalue weighted by Crippen LogP contribution is 2.13. The molecule has 0 saturated carbocycles. The Hall–Kier alpha value is -1.64. The molecule has 0 saturated heterocycles. The lowest BCUT2D eigenvalue weighted by Crippen LogP contribution is -1.93. The van der Waals surface area contributed by atoms with Crippen LogP contribution in [0.1, 0.15) is 128 Å². The summed E-state index contributed by atoms with van der Waals surface area (Å²) in [5, 5.41) is 8.52. The van der Waals surface area contributed by atoms with Gasteiger partial charge in [0.25, 0.3) is 0 Å². The molecule has 0 amide bonds. The third-order valence-electron chi connectivity index (χ3n) is 5.52. The van der Waals surface area contributed by atoms with Gasteiger partial charge in [0, 0.05) is 12.3 Å². The molecule has 0 spiro atoms. The Morgan fingerprint density at radius 3 is 1.53 bits per heavy atom. The zero-order valence-corrected chi connectivity index (χ0v) is 19.6. The molecule has 1 N–H and O–H groups in total. The molecule has 3 nitrogen and oxygen atoms in total. The Kier molecular flexibility index (Phi) is 20.8. The van der Waals surface area contributed by atoms with Crippen molar-refractivity contribution in [3.05, 3.63) is 35.9 Å². The third kappa shape index (κ3) is 19.7. The Morgan fingerprint density at radius 1 is 0.767 bits per heavy atom. The molecule has 30 heavy (non-hydrogen) atoms. The highest BCUT2D eigenvalue weighted by Gasteiger charge is 2.00. The van der Waals surface area contributed by atoms with Crippen molar-refractivity contribution in [3.8, 4) is 0 Å². The van der Waals surface area contributed by atoms with E-state index in [2.05, 4.69) is 6.92 Å². The van der Waals surface area contributed by atoms with E-state index in [9.17, 15) is 9.59 Å². The first-order valence-corrected chi connectivity index (χ1v) is 12.3. The van der Waals surface area contributed by atoms with Gasteiger partial charge in [-0.1, -0.05) is 134 Å². The van der Waals surface area contributed by atoms with Crippen LogP contribution in [-0.2, 0) is 9.59 Å². The normalized spacial score (nSPS) is 11.4. The Labute approximate surface area is 185 Å². The number of carboxylic acids is 1. The first-order chi connectivity index (χ1) is 14.6. The van der Waals surface area contributed by atoms with Gasteiger partial charge in [0.15, 0.2) is 0 Å². The minimum atomic E-state index is -0.653. The van der Waals surface area contributed by atoms with Crippen molar-refractivity contribution in [1.82, 2.24) is 0 Å². The number of carbonyl (C=O) groups is 2. The molecule has 1 rings (SSSR count). The van der Waals surface area contributed by atoms with Gasteiger partial charge in [-0.25, -0.2) is 0 Å². The number of carbonyl (C=O) groups excluding carboxylic acids is 1. The molecule has 0 bridgehead atoms. The zero-order chi connectivity index (χ0) is 22.3. The molecule has 0 aliphatic rings. The molecule has 3 heteroatoms. The van der Waals surface area contributed by atoms with Crippen molar-refractivity contribution < 1.29 is 14.7 Å². The molecule has 1 aromatic rings. The molecular formula is C27H46O3. The Balaban J connectivity index is 0.000000696. The van der Waals surface area contributed by atoms with E-state index in [1.165, 1.54) is 83.5 Å². The molecule has 0 aliphatic carbocycles. The summed E-state index contributed by atoms with van der Waals surface area (Å²) in [4.78, 5) is 20.6. The lowest BCUT2D eigenvalue weighted by Gasteiger charge is -2.03. The van der Waals surface area contributed by atoms with E-state index in [0.29, 0.717) is 6.42 Å². The average molecular weight is 419 g/mol. The molecule has 0 heterocycles. The van der Waals surface area contributed by atoms with Crippen molar-refractivity contribution in [2.75, 3.05) is 0 Å². The lowest BCUT2D eigenvalue weighted by atomic mass is 10.0. The molecule has 0 radical (unpaired) electrons. The van der Waals surface area contributed by atoms with Crippen LogP contribution in [0.4, 0.5) is 0 Å². The summed E-state index contributed by atoms with van der Waals surface area (Å²) in [7, 11) is 0. The number of hydrogen-bond acceptors (Lipinski definition) is 2. The van der Waals surface area contributed by atoms with Gasteiger partial charge in [-0.05, 0) is 12.0 Å². The first-order valence-electron chi connectivity index (χ1n) is 12.3. The zero-order valence-electron chi connectivity index (χ0n) is 19.6. The van der Waals surface area contributed by atoms with Crippen LogP contribution in [0.5, 0.6) is 0 Å². The number of hydrogen-bond donors (Lipinski definition) is 1. The molecule has 1 aromatic carbocycles. The van der Waals surface area contributed by atoms with Crippen molar-refractivity contribution in [1.29, 1.82) is 0 Å². The van der Waals surface area contributed by atoms with Crippen LogP contribution in [0.15, 0.2) is 30.3 Å². The SMILES string of the molecule is CC(C=O)c1ccccc1.CCCCCCCCCCCCCCCCCC(=O)O. The summed E-state index contributed by atoms with van der Waals surface area (Å²) in [5.41, 5.74) is 1.08. The van der Waals surface area contributed by atoms with Crippen LogP contribution < -0.4 is 0 Å². The monoisotopic (exact) mass is 418 g/mol. The van der Waals surface area contributed by atoms with Gasteiger partial charge >= 0.3 is 5.97 Å². The number of aldehydes is 1. The van der Waals surface area contributed by atoms with Gasteiger partial charge in [-0.15, -0.1) is 0 Å². The van der Waals surface area contributed by atoms with E-state index in [-0.39, 0.29) is 5.92 Å². The number of benzene rings is 1. The first kappa shape index (κ1) is 28.4. The van der Waals surface area contributed by atoms with Crippen molar-refractivity contribution in [2.45, 2.75) is 122 Å². The maximum atomic E-state index is 10.3. The largest absolute Gasteiger partial charge is 0.481 e. The highest BCUT2D eigenvalue weighted by molar-refractivity contribution is 5.66. The van der Waals surface area contributed by atoms with E-state index < -0.39 is 5.97 Å². The topological polar surface area (TPSA) is 54.4 Å². The fraction of sp³-hybridized carbons (Fsp3) is 0.704. The fourth-order valence-electron chi connectivity index (χ4n) is 3.48. The van der Waals surface area contributed by atoms with E-state index in [1.807, 2.05) is 37.3 Å². The summed E-state index contributed by atoms with van der Waals surface area (Å²) in [6, 6.07) is 9.74. The molecule has 0 aliphatic heterocycles. The third-order valence-corrected chi connectivity index (χ3v) is 5.52. The summed E-state index contributed by atoms with van der Waals surface area (Å²) < 4.78 is 0. The van der Waals surface area contributed by atoms with E-state index in [0.717, 1.165) is 24.7 Å². The summed E-state index contributed by atoms with van der Waals surface area (Å²) in [6.07, 6.45) is 21.2. The van der Waals surface area contributed by atoms with E-state index >= 15 is 0 Å². The van der Waals surface area contributed by atoms with Gasteiger partial charge in [-0.3, -0.25) is 4.79 Å². The van der Waals surface area contributed by atoms with Crippen molar-refractivity contribution in [2.24, 2.45) is 0 Å². The maximum absolute atomic E-state index is 10.3. The van der Waals surface area contributed by atoms with Crippen LogP contribution in [0.3, 0.4) is 0 Å². The quantitative estimate of drug-likeness (QED) is 0.192. The van der Waals surface area contributed by atoms with Crippen LogP contribution in [0.2, 0.25) is 0 Å². The predicted molar refractivity (Wildman–Crippen MR) is 128 cm³/mol.